The normalized spacial score (nSPS) is 17.1. The predicted molar refractivity (Wildman–Crippen MR) is 62.7 cm³/mol. The summed E-state index contributed by atoms with van der Waals surface area (Å²) in [6.45, 7) is 1.06. The molecule has 1 N–H and O–H groups in total. The first kappa shape index (κ1) is 13.0. The average molecular weight is 223 g/mol. The Morgan fingerprint density at radius 2 is 2.12 bits per heavy atom. The van der Waals surface area contributed by atoms with Crippen LogP contribution in [0.1, 0.15) is 38.5 Å². The van der Waals surface area contributed by atoms with E-state index in [1.165, 1.54) is 19.3 Å². The summed E-state index contributed by atoms with van der Waals surface area (Å²) in [6.07, 6.45) is 6.48. The zero-order chi connectivity index (χ0) is 11.8. The Kier molecular flexibility index (Phi) is 5.87. The van der Waals surface area contributed by atoms with Crippen LogP contribution in [0.15, 0.2) is 0 Å². The number of carbonyl (C=O) groups excluding carboxylic acids is 1. The minimum atomic E-state index is 0.0901. The molecule has 4 heteroatoms. The lowest BCUT2D eigenvalue weighted by Crippen LogP contribution is -2.42. The van der Waals surface area contributed by atoms with Gasteiger partial charge in [-0.15, -0.1) is 0 Å². The van der Waals surface area contributed by atoms with Crippen LogP contribution < -0.4 is 5.32 Å². The van der Waals surface area contributed by atoms with Crippen molar-refractivity contribution in [1.29, 1.82) is 5.26 Å². The van der Waals surface area contributed by atoms with Gasteiger partial charge < -0.3 is 5.32 Å². The lowest BCUT2D eigenvalue weighted by atomic mass is 9.95. The molecule has 0 heterocycles. The van der Waals surface area contributed by atoms with Crippen molar-refractivity contribution in [2.75, 3.05) is 20.1 Å². The SMILES string of the molecule is CN(CCC#N)CC(=O)NC1CCCCC1. The van der Waals surface area contributed by atoms with Crippen LogP contribution in [0.5, 0.6) is 0 Å². The van der Waals surface area contributed by atoms with E-state index in [0.29, 0.717) is 25.6 Å². The predicted octanol–water partition coefficient (Wildman–Crippen LogP) is 1.28. The molecule has 1 amide bonds. The Labute approximate surface area is 97.6 Å². The maximum atomic E-state index is 11.6. The molecule has 0 unspecified atom stereocenters. The van der Waals surface area contributed by atoms with Crippen molar-refractivity contribution >= 4 is 5.91 Å². The van der Waals surface area contributed by atoms with E-state index in [0.717, 1.165) is 12.8 Å². The third-order valence-electron chi connectivity index (χ3n) is 2.99. The molecule has 90 valence electrons. The average Bonchev–Trinajstić information content (AvgIpc) is 2.27. The summed E-state index contributed by atoms with van der Waals surface area (Å²) in [5, 5.41) is 11.5. The van der Waals surface area contributed by atoms with E-state index in [2.05, 4.69) is 11.4 Å². The summed E-state index contributed by atoms with van der Waals surface area (Å²) in [5.74, 6) is 0.0901. The standard InChI is InChI=1S/C12H21N3O/c1-15(9-5-8-13)10-12(16)14-11-6-3-2-4-7-11/h11H,2-7,9-10H2,1H3,(H,14,16). The number of rotatable bonds is 5. The van der Waals surface area contributed by atoms with Crippen molar-refractivity contribution in [3.63, 3.8) is 0 Å². The number of amides is 1. The minimum Gasteiger partial charge on any atom is -0.352 e. The van der Waals surface area contributed by atoms with E-state index in [-0.39, 0.29) is 5.91 Å². The summed E-state index contributed by atoms with van der Waals surface area (Å²) < 4.78 is 0. The molecule has 1 rings (SSSR count). The number of hydrogen-bond acceptors (Lipinski definition) is 3. The molecule has 1 aliphatic carbocycles. The molecule has 0 saturated heterocycles. The third kappa shape index (κ3) is 5.13. The van der Waals surface area contributed by atoms with Gasteiger partial charge in [-0.3, -0.25) is 9.69 Å². The van der Waals surface area contributed by atoms with Crippen LogP contribution in [0.4, 0.5) is 0 Å². The van der Waals surface area contributed by atoms with Crippen LogP contribution in [0.3, 0.4) is 0 Å². The summed E-state index contributed by atoms with van der Waals surface area (Å²) in [7, 11) is 1.87. The summed E-state index contributed by atoms with van der Waals surface area (Å²) in [4.78, 5) is 13.5. The van der Waals surface area contributed by atoms with Gasteiger partial charge in [0, 0.05) is 19.0 Å². The molecule has 0 atom stereocenters. The first-order valence-corrected chi connectivity index (χ1v) is 6.07. The van der Waals surface area contributed by atoms with Crippen LogP contribution in [0, 0.1) is 11.3 Å². The molecule has 0 aliphatic heterocycles. The maximum absolute atomic E-state index is 11.6. The molecule has 0 aromatic heterocycles. The highest BCUT2D eigenvalue weighted by molar-refractivity contribution is 5.78. The van der Waals surface area contributed by atoms with Crippen LogP contribution in [0.2, 0.25) is 0 Å². The fourth-order valence-electron chi connectivity index (χ4n) is 2.09. The van der Waals surface area contributed by atoms with Crippen LogP contribution in [-0.4, -0.2) is 37.0 Å². The van der Waals surface area contributed by atoms with Crippen molar-refractivity contribution in [2.45, 2.75) is 44.6 Å². The van der Waals surface area contributed by atoms with Gasteiger partial charge in [0.1, 0.15) is 0 Å². The zero-order valence-electron chi connectivity index (χ0n) is 10.0. The van der Waals surface area contributed by atoms with Gasteiger partial charge in [0.2, 0.25) is 5.91 Å². The second kappa shape index (κ2) is 7.24. The van der Waals surface area contributed by atoms with Crippen LogP contribution >= 0.6 is 0 Å². The lowest BCUT2D eigenvalue weighted by molar-refractivity contribution is -0.122. The first-order chi connectivity index (χ1) is 7.72. The van der Waals surface area contributed by atoms with Gasteiger partial charge in [-0.05, 0) is 19.9 Å². The quantitative estimate of drug-likeness (QED) is 0.764. The Morgan fingerprint density at radius 1 is 1.44 bits per heavy atom. The topological polar surface area (TPSA) is 56.1 Å². The summed E-state index contributed by atoms with van der Waals surface area (Å²) >= 11 is 0. The number of nitrogens with zero attached hydrogens (tertiary/aromatic N) is 2. The van der Waals surface area contributed by atoms with Crippen LogP contribution in [0.25, 0.3) is 0 Å². The number of hydrogen-bond donors (Lipinski definition) is 1. The number of nitrogens with one attached hydrogen (secondary N) is 1. The molecule has 4 nitrogen and oxygen atoms in total. The molecule has 1 saturated carbocycles. The molecular weight excluding hydrogens is 202 g/mol. The highest BCUT2D eigenvalue weighted by atomic mass is 16.2. The molecule has 1 aliphatic rings. The van der Waals surface area contributed by atoms with Crippen molar-refractivity contribution in [1.82, 2.24) is 10.2 Å². The van der Waals surface area contributed by atoms with Gasteiger partial charge in [-0.1, -0.05) is 19.3 Å². The molecule has 0 aromatic rings. The van der Waals surface area contributed by atoms with Gasteiger partial charge >= 0.3 is 0 Å². The van der Waals surface area contributed by atoms with E-state index >= 15 is 0 Å². The van der Waals surface area contributed by atoms with Crippen LogP contribution in [-0.2, 0) is 4.79 Å². The Hall–Kier alpha value is -1.08. The summed E-state index contributed by atoms with van der Waals surface area (Å²) in [6, 6.07) is 2.46. The Balaban J connectivity index is 2.16. The van der Waals surface area contributed by atoms with Crippen molar-refractivity contribution in [2.24, 2.45) is 0 Å². The van der Waals surface area contributed by atoms with Crippen molar-refractivity contribution in [3.8, 4) is 6.07 Å². The van der Waals surface area contributed by atoms with E-state index < -0.39 is 0 Å². The number of likely N-dealkylation sites (N-methyl/N-ethyl adjacent to an activating group) is 1. The second-order valence-electron chi connectivity index (χ2n) is 4.55. The lowest BCUT2D eigenvalue weighted by Gasteiger charge is -2.24. The van der Waals surface area contributed by atoms with E-state index in [9.17, 15) is 4.79 Å². The zero-order valence-corrected chi connectivity index (χ0v) is 10.0. The smallest absolute Gasteiger partial charge is 0.234 e. The minimum absolute atomic E-state index is 0.0901. The maximum Gasteiger partial charge on any atom is 0.234 e. The van der Waals surface area contributed by atoms with Gasteiger partial charge in [0.15, 0.2) is 0 Å². The fourth-order valence-corrected chi connectivity index (χ4v) is 2.09. The van der Waals surface area contributed by atoms with Crippen molar-refractivity contribution < 1.29 is 4.79 Å². The molecule has 16 heavy (non-hydrogen) atoms. The van der Waals surface area contributed by atoms with E-state index in [4.69, 9.17) is 5.26 Å². The molecule has 0 spiro atoms. The van der Waals surface area contributed by atoms with Gasteiger partial charge in [-0.2, -0.15) is 5.26 Å². The largest absolute Gasteiger partial charge is 0.352 e. The Morgan fingerprint density at radius 3 is 2.75 bits per heavy atom. The highest BCUT2D eigenvalue weighted by Gasteiger charge is 2.16. The molecule has 1 fully saturated rings. The fraction of sp³-hybridized carbons (Fsp3) is 0.833. The van der Waals surface area contributed by atoms with E-state index in [1.54, 1.807) is 0 Å². The molecule has 0 radical (unpaired) electrons. The second-order valence-corrected chi connectivity index (χ2v) is 4.55. The third-order valence-corrected chi connectivity index (χ3v) is 2.99. The number of carbonyl (C=O) groups is 1. The highest BCUT2D eigenvalue weighted by Crippen LogP contribution is 2.17. The summed E-state index contributed by atoms with van der Waals surface area (Å²) in [5.41, 5.74) is 0. The van der Waals surface area contributed by atoms with Crippen molar-refractivity contribution in [3.05, 3.63) is 0 Å². The van der Waals surface area contributed by atoms with Gasteiger partial charge in [-0.25, -0.2) is 0 Å². The monoisotopic (exact) mass is 223 g/mol. The Bertz CT molecular complexity index is 253. The van der Waals surface area contributed by atoms with E-state index in [1.807, 2.05) is 11.9 Å². The first-order valence-electron chi connectivity index (χ1n) is 6.07. The van der Waals surface area contributed by atoms with Gasteiger partial charge in [0.25, 0.3) is 0 Å². The van der Waals surface area contributed by atoms with Gasteiger partial charge in [0.05, 0.1) is 12.6 Å². The molecule has 0 aromatic carbocycles. The number of nitriles is 1. The molecular formula is C12H21N3O. The molecule has 0 bridgehead atoms.